The highest BCUT2D eigenvalue weighted by Crippen LogP contribution is 2.47. The zero-order valence-corrected chi connectivity index (χ0v) is 8.56. The SMILES string of the molecule is COP(=O)(OC)OCCN=C=S. The molecule has 0 radical (unpaired) electrons. The molecule has 0 aromatic heterocycles. The van der Waals surface area contributed by atoms with Crippen molar-refractivity contribution in [1.82, 2.24) is 0 Å². The van der Waals surface area contributed by atoms with E-state index in [1.54, 1.807) is 0 Å². The topological polar surface area (TPSA) is 57.1 Å². The fraction of sp³-hybridized carbons (Fsp3) is 0.800. The van der Waals surface area contributed by atoms with E-state index in [0.717, 1.165) is 0 Å². The van der Waals surface area contributed by atoms with Gasteiger partial charge in [-0.05, 0) is 12.2 Å². The number of rotatable bonds is 6. The van der Waals surface area contributed by atoms with Gasteiger partial charge in [0.2, 0.25) is 0 Å². The van der Waals surface area contributed by atoms with Gasteiger partial charge in [0.1, 0.15) is 0 Å². The Morgan fingerprint density at radius 1 is 1.50 bits per heavy atom. The Labute approximate surface area is 76.3 Å². The van der Waals surface area contributed by atoms with E-state index in [4.69, 9.17) is 4.52 Å². The van der Waals surface area contributed by atoms with E-state index in [-0.39, 0.29) is 6.61 Å². The van der Waals surface area contributed by atoms with E-state index in [1.165, 1.54) is 14.2 Å². The zero-order chi connectivity index (χ0) is 9.45. The Hall–Kier alpha value is -0.0900. The molecule has 5 nitrogen and oxygen atoms in total. The molecule has 0 rings (SSSR count). The molecule has 0 amide bonds. The van der Waals surface area contributed by atoms with Crippen LogP contribution < -0.4 is 0 Å². The third-order valence-corrected chi connectivity index (χ3v) is 2.49. The van der Waals surface area contributed by atoms with E-state index in [1.807, 2.05) is 0 Å². The van der Waals surface area contributed by atoms with Gasteiger partial charge in [-0.1, -0.05) is 0 Å². The number of isothiocyanates is 1. The van der Waals surface area contributed by atoms with Crippen LogP contribution in [0.25, 0.3) is 0 Å². The van der Waals surface area contributed by atoms with Crippen LogP contribution in [0, 0.1) is 0 Å². The fourth-order valence-electron chi connectivity index (χ4n) is 0.424. The molecule has 12 heavy (non-hydrogen) atoms. The van der Waals surface area contributed by atoms with Crippen LogP contribution >= 0.6 is 20.0 Å². The summed E-state index contributed by atoms with van der Waals surface area (Å²) >= 11 is 4.31. The molecule has 0 aliphatic carbocycles. The van der Waals surface area contributed by atoms with E-state index in [2.05, 4.69) is 31.4 Å². The van der Waals surface area contributed by atoms with E-state index in [9.17, 15) is 4.57 Å². The molecule has 0 saturated heterocycles. The predicted molar refractivity (Wildman–Crippen MR) is 47.5 cm³/mol. The molecule has 0 spiro atoms. The van der Waals surface area contributed by atoms with Gasteiger partial charge in [0, 0.05) is 14.2 Å². The molecular formula is C5H10NO4PS. The van der Waals surface area contributed by atoms with Crippen LogP contribution in [-0.4, -0.2) is 32.5 Å². The lowest BCUT2D eigenvalue weighted by Gasteiger charge is -2.11. The Bertz CT molecular complexity index is 207. The molecule has 0 atom stereocenters. The van der Waals surface area contributed by atoms with Gasteiger partial charge in [-0.25, -0.2) is 9.56 Å². The van der Waals surface area contributed by atoms with Gasteiger partial charge in [0.15, 0.2) is 0 Å². The van der Waals surface area contributed by atoms with Crippen molar-refractivity contribution in [2.24, 2.45) is 4.99 Å². The molecule has 0 N–H and O–H groups in total. The lowest BCUT2D eigenvalue weighted by atomic mass is 10.7. The second-order valence-electron chi connectivity index (χ2n) is 1.62. The first-order valence-corrected chi connectivity index (χ1v) is 4.95. The van der Waals surface area contributed by atoms with Gasteiger partial charge in [-0.3, -0.25) is 13.6 Å². The summed E-state index contributed by atoms with van der Waals surface area (Å²) < 4.78 is 24.9. The molecule has 0 aromatic rings. The van der Waals surface area contributed by atoms with Crippen LogP contribution in [0.3, 0.4) is 0 Å². The minimum atomic E-state index is -3.34. The van der Waals surface area contributed by atoms with Gasteiger partial charge < -0.3 is 0 Å². The molecule has 0 aromatic carbocycles. The maximum atomic E-state index is 11.2. The second kappa shape index (κ2) is 6.43. The fourth-order valence-corrected chi connectivity index (χ4v) is 1.18. The standard InChI is InChI=1S/C5H10NO4PS/c1-8-11(7,9-2)10-4-3-6-5-12/h3-4H2,1-2H3. The average molecular weight is 211 g/mol. The van der Waals surface area contributed by atoms with E-state index in [0.29, 0.717) is 6.54 Å². The number of hydrogen-bond acceptors (Lipinski definition) is 6. The number of phosphoric ester groups is 1. The zero-order valence-electron chi connectivity index (χ0n) is 6.85. The summed E-state index contributed by atoms with van der Waals surface area (Å²) in [5.74, 6) is 0. The molecule has 0 aliphatic rings. The van der Waals surface area contributed by atoms with Gasteiger partial charge in [-0.2, -0.15) is 0 Å². The molecule has 0 fully saturated rings. The third-order valence-electron chi connectivity index (χ3n) is 0.964. The molecular weight excluding hydrogens is 201 g/mol. The summed E-state index contributed by atoms with van der Waals surface area (Å²) in [7, 11) is -0.858. The van der Waals surface area contributed by atoms with Crippen molar-refractivity contribution in [2.75, 3.05) is 27.4 Å². The van der Waals surface area contributed by atoms with Crippen LogP contribution in [0.15, 0.2) is 4.99 Å². The number of thiocarbonyl (C=S) groups is 1. The van der Waals surface area contributed by atoms with Crippen molar-refractivity contribution < 1.29 is 18.1 Å². The van der Waals surface area contributed by atoms with Crippen molar-refractivity contribution in [2.45, 2.75) is 0 Å². The maximum absolute atomic E-state index is 11.2. The monoisotopic (exact) mass is 211 g/mol. The van der Waals surface area contributed by atoms with Crippen LogP contribution in [0.1, 0.15) is 0 Å². The first kappa shape index (κ1) is 11.9. The van der Waals surface area contributed by atoms with Crippen molar-refractivity contribution in [3.05, 3.63) is 0 Å². The lowest BCUT2D eigenvalue weighted by molar-refractivity contribution is 0.156. The molecule has 0 heterocycles. The molecule has 7 heteroatoms. The van der Waals surface area contributed by atoms with Crippen molar-refractivity contribution in [3.8, 4) is 0 Å². The number of hydrogen-bond donors (Lipinski definition) is 0. The molecule has 0 unspecified atom stereocenters. The lowest BCUT2D eigenvalue weighted by Crippen LogP contribution is -1.99. The highest BCUT2D eigenvalue weighted by atomic mass is 32.1. The normalized spacial score (nSPS) is 10.8. The largest absolute Gasteiger partial charge is 0.474 e. The Kier molecular flexibility index (Phi) is 6.38. The Morgan fingerprint density at radius 3 is 2.50 bits per heavy atom. The Balaban J connectivity index is 3.73. The summed E-state index contributed by atoms with van der Waals surface area (Å²) in [5, 5.41) is 2.15. The predicted octanol–water partition coefficient (Wildman–Crippen LogP) is 1.51. The van der Waals surface area contributed by atoms with Crippen LogP contribution in [-0.2, 0) is 18.1 Å². The van der Waals surface area contributed by atoms with Crippen molar-refractivity contribution in [3.63, 3.8) is 0 Å². The molecule has 0 saturated carbocycles. The molecule has 70 valence electrons. The van der Waals surface area contributed by atoms with Gasteiger partial charge in [0.05, 0.1) is 18.3 Å². The minimum Gasteiger partial charge on any atom is -0.290 e. The van der Waals surface area contributed by atoms with E-state index >= 15 is 0 Å². The smallest absolute Gasteiger partial charge is 0.290 e. The van der Waals surface area contributed by atoms with Gasteiger partial charge in [0.25, 0.3) is 0 Å². The molecule has 0 aliphatic heterocycles. The average Bonchev–Trinajstić information content (AvgIpc) is 2.12. The van der Waals surface area contributed by atoms with E-state index < -0.39 is 7.82 Å². The van der Waals surface area contributed by atoms with Gasteiger partial charge >= 0.3 is 7.82 Å². The number of phosphoric acid groups is 1. The summed E-state index contributed by atoms with van der Waals surface area (Å²) in [5.41, 5.74) is 0. The van der Waals surface area contributed by atoms with Crippen molar-refractivity contribution in [1.29, 1.82) is 0 Å². The summed E-state index contributed by atoms with van der Waals surface area (Å²) in [4.78, 5) is 3.55. The van der Waals surface area contributed by atoms with Crippen molar-refractivity contribution >= 4 is 25.2 Å². The maximum Gasteiger partial charge on any atom is 0.474 e. The molecule has 0 bridgehead atoms. The minimum absolute atomic E-state index is 0.128. The quantitative estimate of drug-likeness (QED) is 0.288. The third kappa shape index (κ3) is 4.72. The van der Waals surface area contributed by atoms with Crippen LogP contribution in [0.5, 0.6) is 0 Å². The van der Waals surface area contributed by atoms with Crippen LogP contribution in [0.4, 0.5) is 0 Å². The first-order chi connectivity index (χ1) is 5.68. The highest BCUT2D eigenvalue weighted by Gasteiger charge is 2.21. The van der Waals surface area contributed by atoms with Gasteiger partial charge in [-0.15, -0.1) is 0 Å². The van der Waals surface area contributed by atoms with Crippen LogP contribution in [0.2, 0.25) is 0 Å². The summed E-state index contributed by atoms with van der Waals surface area (Å²) in [6.45, 7) is 0.419. The number of aliphatic imine (C=N–C) groups is 1. The second-order valence-corrected chi connectivity index (χ2v) is 3.68. The summed E-state index contributed by atoms with van der Waals surface area (Å²) in [6.07, 6.45) is 0. The number of nitrogens with zero attached hydrogens (tertiary/aromatic N) is 1. The summed E-state index contributed by atoms with van der Waals surface area (Å²) in [6, 6.07) is 0. The Morgan fingerprint density at radius 2 is 2.08 bits per heavy atom. The first-order valence-electron chi connectivity index (χ1n) is 3.08. The highest BCUT2D eigenvalue weighted by molar-refractivity contribution is 7.78.